The summed E-state index contributed by atoms with van der Waals surface area (Å²) in [5.74, 6) is 0.191. The lowest BCUT2D eigenvalue weighted by Gasteiger charge is -2.10. The van der Waals surface area contributed by atoms with Gasteiger partial charge >= 0.3 is 0 Å². The predicted molar refractivity (Wildman–Crippen MR) is 85.4 cm³/mol. The van der Waals surface area contributed by atoms with Gasteiger partial charge in [-0.25, -0.2) is 9.37 Å². The number of aromatic nitrogens is 1. The van der Waals surface area contributed by atoms with E-state index in [1.165, 1.54) is 12.1 Å². The van der Waals surface area contributed by atoms with Crippen LogP contribution in [0, 0.1) is 5.82 Å². The molecule has 21 heavy (non-hydrogen) atoms. The van der Waals surface area contributed by atoms with Crippen LogP contribution in [0.15, 0.2) is 34.9 Å². The summed E-state index contributed by atoms with van der Waals surface area (Å²) in [7, 11) is 0. The zero-order valence-corrected chi connectivity index (χ0v) is 14.0. The van der Waals surface area contributed by atoms with Crippen molar-refractivity contribution in [1.82, 2.24) is 10.3 Å². The Morgan fingerprint density at radius 3 is 2.76 bits per heavy atom. The molecule has 0 bridgehead atoms. The van der Waals surface area contributed by atoms with Crippen molar-refractivity contribution in [3.8, 4) is 11.6 Å². The van der Waals surface area contributed by atoms with Gasteiger partial charge in [-0.3, -0.25) is 0 Å². The number of hydrogen-bond donors (Lipinski definition) is 1. The first kappa shape index (κ1) is 16.2. The summed E-state index contributed by atoms with van der Waals surface area (Å²) in [6.07, 6.45) is 1.73. The Bertz CT molecular complexity index is 620. The Morgan fingerprint density at radius 2 is 2.14 bits per heavy atom. The van der Waals surface area contributed by atoms with Crippen LogP contribution < -0.4 is 10.1 Å². The van der Waals surface area contributed by atoms with Crippen LogP contribution in [0.3, 0.4) is 0 Å². The molecule has 0 saturated heterocycles. The Balaban J connectivity index is 2.08. The van der Waals surface area contributed by atoms with E-state index in [-0.39, 0.29) is 5.02 Å². The van der Waals surface area contributed by atoms with E-state index in [1.807, 2.05) is 6.07 Å². The van der Waals surface area contributed by atoms with Crippen LogP contribution in [0.4, 0.5) is 4.39 Å². The first-order chi connectivity index (χ1) is 9.95. The minimum atomic E-state index is -0.535. The molecule has 0 aliphatic carbocycles. The number of nitrogens with zero attached hydrogens (tertiary/aromatic N) is 1. The van der Waals surface area contributed by atoms with Crippen LogP contribution in [-0.4, -0.2) is 11.0 Å². The zero-order valence-electron chi connectivity index (χ0n) is 11.7. The maximum Gasteiger partial charge on any atom is 0.219 e. The van der Waals surface area contributed by atoms with Gasteiger partial charge in [-0.15, -0.1) is 0 Å². The van der Waals surface area contributed by atoms with Gasteiger partial charge in [-0.2, -0.15) is 0 Å². The number of benzene rings is 1. The second-order valence-corrected chi connectivity index (χ2v) is 6.10. The largest absolute Gasteiger partial charge is 0.438 e. The van der Waals surface area contributed by atoms with Crippen molar-refractivity contribution in [2.75, 3.05) is 0 Å². The molecule has 0 amide bonds. The van der Waals surface area contributed by atoms with E-state index in [1.54, 1.807) is 12.3 Å². The molecule has 1 aromatic carbocycles. The maximum atomic E-state index is 13.4. The van der Waals surface area contributed by atoms with Crippen molar-refractivity contribution in [2.24, 2.45) is 0 Å². The molecule has 1 aromatic heterocycles. The molecule has 6 heteroatoms. The molecule has 3 nitrogen and oxygen atoms in total. The summed E-state index contributed by atoms with van der Waals surface area (Å²) in [5, 5.41) is 3.34. The molecule has 2 rings (SSSR count). The molecular weight excluding hydrogens is 359 g/mol. The summed E-state index contributed by atoms with van der Waals surface area (Å²) >= 11 is 8.97. The smallest absolute Gasteiger partial charge is 0.219 e. The average Bonchev–Trinajstić information content (AvgIpc) is 2.44. The van der Waals surface area contributed by atoms with Gasteiger partial charge in [-0.05, 0) is 27.6 Å². The summed E-state index contributed by atoms with van der Waals surface area (Å²) in [5.41, 5.74) is 1.05. The Hall–Kier alpha value is -1.17. The monoisotopic (exact) mass is 372 g/mol. The highest BCUT2D eigenvalue weighted by Gasteiger charge is 2.09. The zero-order chi connectivity index (χ0) is 15.4. The second kappa shape index (κ2) is 7.20. The lowest BCUT2D eigenvalue weighted by atomic mass is 10.2. The van der Waals surface area contributed by atoms with E-state index in [4.69, 9.17) is 16.3 Å². The van der Waals surface area contributed by atoms with Crippen LogP contribution in [0.1, 0.15) is 19.4 Å². The Morgan fingerprint density at radius 1 is 1.38 bits per heavy atom. The number of halogens is 3. The molecule has 0 spiro atoms. The van der Waals surface area contributed by atoms with Crippen LogP contribution in [-0.2, 0) is 6.54 Å². The molecule has 0 fully saturated rings. The molecule has 0 saturated carbocycles. The topological polar surface area (TPSA) is 34.1 Å². The van der Waals surface area contributed by atoms with E-state index < -0.39 is 5.82 Å². The number of pyridine rings is 1. The second-order valence-electron chi connectivity index (χ2n) is 4.84. The van der Waals surface area contributed by atoms with Gasteiger partial charge < -0.3 is 10.1 Å². The number of nitrogens with one attached hydrogen (secondary N) is 1. The summed E-state index contributed by atoms with van der Waals surface area (Å²) in [4.78, 5) is 4.21. The molecule has 2 aromatic rings. The van der Waals surface area contributed by atoms with Crippen molar-refractivity contribution in [1.29, 1.82) is 0 Å². The molecule has 1 N–H and O–H groups in total. The van der Waals surface area contributed by atoms with Crippen LogP contribution in [0.2, 0.25) is 5.02 Å². The fourth-order valence-corrected chi connectivity index (χ4v) is 2.31. The lowest BCUT2D eigenvalue weighted by Crippen LogP contribution is -2.21. The van der Waals surface area contributed by atoms with Gasteiger partial charge in [-0.1, -0.05) is 31.5 Å². The van der Waals surface area contributed by atoms with Crippen molar-refractivity contribution in [3.05, 3.63) is 51.3 Å². The Kier molecular flexibility index (Phi) is 5.56. The van der Waals surface area contributed by atoms with E-state index in [0.717, 1.165) is 12.1 Å². The first-order valence-corrected chi connectivity index (χ1v) is 7.63. The third-order valence-corrected chi connectivity index (χ3v) is 3.61. The number of hydrogen-bond acceptors (Lipinski definition) is 3. The molecular formula is C15H15BrClFN2O. The van der Waals surface area contributed by atoms with Crippen molar-refractivity contribution in [3.63, 3.8) is 0 Å². The standard InChI is InChI=1S/C15H15BrClFN2O/c1-9(2)19-7-10-3-4-15(20-8-10)21-14-6-13(18)12(17)5-11(14)16/h3-6,8-9,19H,7H2,1-2H3. The third kappa shape index (κ3) is 4.66. The molecule has 0 atom stereocenters. The molecule has 0 aliphatic rings. The van der Waals surface area contributed by atoms with Crippen molar-refractivity contribution in [2.45, 2.75) is 26.4 Å². The van der Waals surface area contributed by atoms with Gasteiger partial charge in [0, 0.05) is 30.9 Å². The SMILES string of the molecule is CC(C)NCc1ccc(Oc2cc(F)c(Cl)cc2Br)nc1. The molecule has 1 heterocycles. The highest BCUT2D eigenvalue weighted by Crippen LogP contribution is 2.33. The summed E-state index contributed by atoms with van der Waals surface area (Å²) < 4.78 is 19.6. The average molecular weight is 374 g/mol. The first-order valence-electron chi connectivity index (χ1n) is 6.46. The highest BCUT2D eigenvalue weighted by atomic mass is 79.9. The van der Waals surface area contributed by atoms with Gasteiger partial charge in [0.25, 0.3) is 0 Å². The van der Waals surface area contributed by atoms with Crippen molar-refractivity contribution >= 4 is 27.5 Å². The minimum Gasteiger partial charge on any atom is -0.438 e. The summed E-state index contributed by atoms with van der Waals surface area (Å²) in [6, 6.07) is 6.75. The van der Waals surface area contributed by atoms with Gasteiger partial charge in [0.1, 0.15) is 11.6 Å². The van der Waals surface area contributed by atoms with Crippen LogP contribution >= 0.6 is 27.5 Å². The molecule has 0 aliphatic heterocycles. The molecule has 0 radical (unpaired) electrons. The number of ether oxygens (including phenoxy) is 1. The third-order valence-electron chi connectivity index (χ3n) is 2.70. The predicted octanol–water partition coefficient (Wildman–Crippen LogP) is 4.93. The lowest BCUT2D eigenvalue weighted by molar-refractivity contribution is 0.454. The van der Waals surface area contributed by atoms with E-state index in [0.29, 0.717) is 22.1 Å². The summed E-state index contributed by atoms with van der Waals surface area (Å²) in [6.45, 7) is 4.90. The fourth-order valence-electron chi connectivity index (χ4n) is 1.59. The van der Waals surface area contributed by atoms with E-state index >= 15 is 0 Å². The van der Waals surface area contributed by atoms with Crippen LogP contribution in [0.25, 0.3) is 0 Å². The fraction of sp³-hybridized carbons (Fsp3) is 0.267. The van der Waals surface area contributed by atoms with Gasteiger partial charge in [0.05, 0.1) is 9.50 Å². The van der Waals surface area contributed by atoms with Crippen molar-refractivity contribution < 1.29 is 9.13 Å². The molecule has 112 valence electrons. The Labute approximate surface area is 136 Å². The minimum absolute atomic E-state index is 0.0392. The van der Waals surface area contributed by atoms with E-state index in [9.17, 15) is 4.39 Å². The van der Waals surface area contributed by atoms with Gasteiger partial charge in [0.2, 0.25) is 5.88 Å². The van der Waals surface area contributed by atoms with Crippen LogP contribution in [0.5, 0.6) is 11.6 Å². The normalized spacial score (nSPS) is 11.0. The quantitative estimate of drug-likeness (QED) is 0.755. The highest BCUT2D eigenvalue weighted by molar-refractivity contribution is 9.10. The van der Waals surface area contributed by atoms with E-state index in [2.05, 4.69) is 40.1 Å². The molecule has 0 unspecified atom stereocenters. The maximum absolute atomic E-state index is 13.4. The van der Waals surface area contributed by atoms with Gasteiger partial charge in [0.15, 0.2) is 0 Å². The number of rotatable bonds is 5.